The number of amides is 3. The van der Waals surface area contributed by atoms with E-state index < -0.39 is 134 Å². The maximum atomic E-state index is 12.5. The fourth-order valence-corrected chi connectivity index (χ4v) is 4.97. The van der Waals surface area contributed by atoms with Crippen molar-refractivity contribution in [1.82, 2.24) is 16.0 Å². The lowest BCUT2D eigenvalue weighted by Gasteiger charge is -2.49. The molecule has 0 unspecified atom stereocenters. The van der Waals surface area contributed by atoms with Crippen LogP contribution in [0.2, 0.25) is 0 Å². The zero-order chi connectivity index (χ0) is 37.6. The van der Waals surface area contributed by atoms with Gasteiger partial charge < -0.3 is 85.6 Å². The second-order valence-corrected chi connectivity index (χ2v) is 12.5. The van der Waals surface area contributed by atoms with Crippen LogP contribution in [0.3, 0.4) is 0 Å². The molecule has 2 aliphatic heterocycles. The Morgan fingerprint density at radius 1 is 1.02 bits per heavy atom. The molecule has 0 bridgehead atoms. The number of carbonyl (C=O) groups excluding carboxylic acids is 3. The average molecular weight is 716 g/mol. The van der Waals surface area contributed by atoms with E-state index in [2.05, 4.69) is 5.32 Å². The van der Waals surface area contributed by atoms with Crippen LogP contribution in [0.5, 0.6) is 0 Å². The van der Waals surface area contributed by atoms with E-state index in [1.165, 1.54) is 20.8 Å². The summed E-state index contributed by atoms with van der Waals surface area (Å²) in [5.41, 5.74) is -3.99. The highest BCUT2D eigenvalue weighted by atomic mass is 16.7. The molecule has 0 aromatic heterocycles. The largest absolute Gasteiger partial charge is 0.480 e. The average Bonchev–Trinajstić information content (AvgIpc) is 2.97. The molecule has 0 spiro atoms. The summed E-state index contributed by atoms with van der Waals surface area (Å²) >= 11 is 0. The molecule has 49 heavy (non-hydrogen) atoms. The summed E-state index contributed by atoms with van der Waals surface area (Å²) in [6.07, 6.45) is -18.6. The first-order valence-electron chi connectivity index (χ1n) is 14.8. The smallest absolute Gasteiger partial charge is 0.408 e. The van der Waals surface area contributed by atoms with Gasteiger partial charge in [0.1, 0.15) is 42.2 Å². The summed E-state index contributed by atoms with van der Waals surface area (Å²) in [6.45, 7) is 3.36. The number of hydrogen-bond donors (Lipinski definition) is 12. The lowest BCUT2D eigenvalue weighted by molar-refractivity contribution is -0.363. The van der Waals surface area contributed by atoms with Crippen molar-refractivity contribution in [2.45, 2.75) is 119 Å². The lowest BCUT2D eigenvalue weighted by atomic mass is 9.88. The summed E-state index contributed by atoms with van der Waals surface area (Å²) in [5.74, 6) is -8.21. The van der Waals surface area contributed by atoms with Gasteiger partial charge in [-0.2, -0.15) is 0 Å². The number of aliphatic carboxylic acids is 2. The quantitative estimate of drug-likeness (QED) is 0.0746. The molecule has 12 atom stereocenters. The number of carboxylic acids is 2. The third-order valence-electron chi connectivity index (χ3n) is 7.26. The maximum Gasteiger partial charge on any atom is 0.408 e. The lowest BCUT2D eigenvalue weighted by Crippen LogP contribution is -2.74. The summed E-state index contributed by atoms with van der Waals surface area (Å²) < 4.78 is 26.8. The second kappa shape index (κ2) is 16.6. The first-order chi connectivity index (χ1) is 22.5. The van der Waals surface area contributed by atoms with Gasteiger partial charge in [-0.25, -0.2) is 14.4 Å². The van der Waals surface area contributed by atoms with Crippen molar-refractivity contribution >= 4 is 29.8 Å². The molecule has 3 amide bonds. The Morgan fingerprint density at radius 3 is 2.12 bits per heavy atom. The molecule has 12 N–H and O–H groups in total. The van der Waals surface area contributed by atoms with E-state index in [1.807, 2.05) is 10.6 Å². The Balaban J connectivity index is 2.38. The Labute approximate surface area is 278 Å². The van der Waals surface area contributed by atoms with Gasteiger partial charge in [-0.15, -0.1) is 0 Å². The van der Waals surface area contributed by atoms with Crippen LogP contribution in [0.1, 0.15) is 41.0 Å². The number of aliphatic hydroxyl groups is 7. The van der Waals surface area contributed by atoms with Crippen LogP contribution in [0.4, 0.5) is 4.79 Å². The minimum atomic E-state index is -2.97. The third kappa shape index (κ3) is 10.6. The fourth-order valence-electron chi connectivity index (χ4n) is 4.97. The highest BCUT2D eigenvalue weighted by Crippen LogP contribution is 2.36. The van der Waals surface area contributed by atoms with Crippen LogP contribution in [-0.4, -0.2) is 174 Å². The molecule has 2 fully saturated rings. The first-order valence-corrected chi connectivity index (χ1v) is 14.8. The number of carboxylic acid groups (broad SMARTS) is 2. The van der Waals surface area contributed by atoms with E-state index in [-0.39, 0.29) is 0 Å². The van der Waals surface area contributed by atoms with E-state index >= 15 is 0 Å². The molecule has 0 saturated carbocycles. The minimum absolute atomic E-state index is 0.746. The fraction of sp³-hybridized carbons (Fsp3) is 0.815. The van der Waals surface area contributed by atoms with Gasteiger partial charge in [0.15, 0.2) is 6.04 Å². The van der Waals surface area contributed by atoms with E-state index in [9.17, 15) is 69.9 Å². The Bertz CT molecular complexity index is 1200. The maximum absolute atomic E-state index is 12.5. The van der Waals surface area contributed by atoms with Crippen LogP contribution >= 0.6 is 0 Å². The predicted octanol–water partition coefficient (Wildman–Crippen LogP) is -5.58. The van der Waals surface area contributed by atoms with Crippen LogP contribution in [0.15, 0.2) is 0 Å². The molecule has 282 valence electrons. The first kappa shape index (κ1) is 41.9. The number of rotatable bonds is 14. The van der Waals surface area contributed by atoms with Crippen molar-refractivity contribution in [3.63, 3.8) is 0 Å². The van der Waals surface area contributed by atoms with Gasteiger partial charge in [-0.3, -0.25) is 9.59 Å². The second-order valence-electron chi connectivity index (χ2n) is 12.5. The Hall–Kier alpha value is -3.29. The topological polar surface area (TPSA) is 350 Å². The van der Waals surface area contributed by atoms with Gasteiger partial charge >= 0.3 is 18.0 Å². The van der Waals surface area contributed by atoms with E-state index in [1.54, 1.807) is 0 Å². The van der Waals surface area contributed by atoms with E-state index in [4.69, 9.17) is 23.7 Å². The minimum Gasteiger partial charge on any atom is -0.480 e. The molecule has 2 heterocycles. The molecule has 0 radical (unpaired) electrons. The molecule has 22 heteroatoms. The van der Waals surface area contributed by atoms with E-state index in [0.29, 0.717) is 0 Å². The number of hydrogen-bond acceptors (Lipinski definition) is 17. The summed E-state index contributed by atoms with van der Waals surface area (Å²) in [4.78, 5) is 60.1. The summed E-state index contributed by atoms with van der Waals surface area (Å²) in [6, 6.07) is -3.38. The third-order valence-corrected chi connectivity index (χ3v) is 7.26. The van der Waals surface area contributed by atoms with Crippen LogP contribution in [0.25, 0.3) is 0 Å². The normalized spacial score (nSPS) is 33.8. The van der Waals surface area contributed by atoms with Gasteiger partial charge in [0.05, 0.1) is 32.0 Å². The Morgan fingerprint density at radius 2 is 1.63 bits per heavy atom. The molecule has 2 rings (SSSR count). The number of aliphatic hydroxyl groups excluding tert-OH is 6. The number of carbonyl (C=O) groups is 5. The number of ether oxygens (including phenoxy) is 5. The highest BCUT2D eigenvalue weighted by Gasteiger charge is 2.59. The van der Waals surface area contributed by atoms with Gasteiger partial charge in [0.25, 0.3) is 5.79 Å². The zero-order valence-electron chi connectivity index (χ0n) is 27.2. The molecule has 2 saturated heterocycles. The number of nitrogens with one attached hydrogen (secondary N) is 3. The van der Waals surface area contributed by atoms with Gasteiger partial charge in [0.2, 0.25) is 23.8 Å². The SMILES string of the molecule is CC(=O)N[C@H]1[C@H]([C@H](O)[C@H](O)CO)O[C@@](OC[C@H]2O[C@@H](OC[C@H](NC(=O)OC(C)(C)C)C(=O)O)[C@@](O)(NC(C)=O)[C@@H](O)[C@H]2O)(C(=O)O)C[C@@H]1O. The van der Waals surface area contributed by atoms with Crippen molar-refractivity contribution in [3.8, 4) is 0 Å². The van der Waals surface area contributed by atoms with Crippen LogP contribution < -0.4 is 16.0 Å². The molecule has 0 aliphatic carbocycles. The number of alkyl carbamates (subject to hydrolysis) is 1. The van der Waals surface area contributed by atoms with Crippen molar-refractivity contribution in [1.29, 1.82) is 0 Å². The molecule has 0 aromatic carbocycles. The van der Waals surface area contributed by atoms with E-state index in [0.717, 1.165) is 13.8 Å². The monoisotopic (exact) mass is 715 g/mol. The van der Waals surface area contributed by atoms with Crippen molar-refractivity contribution in [2.75, 3.05) is 19.8 Å². The van der Waals surface area contributed by atoms with Gasteiger partial charge in [0, 0.05) is 20.3 Å². The molecular weight excluding hydrogens is 670 g/mol. The highest BCUT2D eigenvalue weighted by molar-refractivity contribution is 5.80. The van der Waals surface area contributed by atoms with Gasteiger partial charge in [-0.1, -0.05) is 0 Å². The molecule has 2 aliphatic rings. The predicted molar refractivity (Wildman–Crippen MR) is 155 cm³/mol. The zero-order valence-corrected chi connectivity index (χ0v) is 27.2. The van der Waals surface area contributed by atoms with Gasteiger partial charge in [-0.05, 0) is 20.8 Å². The van der Waals surface area contributed by atoms with Crippen molar-refractivity contribution in [3.05, 3.63) is 0 Å². The standard InChI is InChI=1S/C27H45N3O19/c1-10(32)28-16-13(34)6-26(22(41)42,48-19(16)17(36)14(35)7-31)46-9-15-18(37)20(38)27(44,30-11(2)33)23(47-15)45-8-12(21(39)40)29-24(43)49-25(3,4)5/h12-20,23,31,34-38,44H,6-9H2,1-5H3,(H,28,32)(H,29,43)(H,30,33)(H,39,40)(H,41,42)/t12-,13-,14+,15+,16+,17+,18-,19+,20-,23+,26+,27+/m0/s1. The van der Waals surface area contributed by atoms with Crippen LogP contribution in [0, 0.1) is 0 Å². The van der Waals surface area contributed by atoms with Crippen molar-refractivity contribution < 1.29 is 93.6 Å². The summed E-state index contributed by atoms with van der Waals surface area (Å²) in [5, 5.41) is 99.4. The molecule has 22 nitrogen and oxygen atoms in total. The Kier molecular flexibility index (Phi) is 14.2. The molecule has 0 aromatic rings. The van der Waals surface area contributed by atoms with Crippen LogP contribution in [-0.2, 0) is 42.9 Å². The summed E-state index contributed by atoms with van der Waals surface area (Å²) in [7, 11) is 0. The van der Waals surface area contributed by atoms with Crippen molar-refractivity contribution in [2.24, 2.45) is 0 Å². The molecular formula is C27H45N3O19.